The van der Waals surface area contributed by atoms with Crippen molar-refractivity contribution in [2.75, 3.05) is 73.0 Å². The molecule has 0 unspecified atom stereocenters. The summed E-state index contributed by atoms with van der Waals surface area (Å²) >= 11 is 0. The number of amides is 1. The van der Waals surface area contributed by atoms with Gasteiger partial charge in [0, 0.05) is 26.6 Å². The summed E-state index contributed by atoms with van der Waals surface area (Å²) in [5, 5.41) is 3.32. The molecule has 0 aliphatic carbocycles. The second-order valence-corrected chi connectivity index (χ2v) is 5.52. The van der Waals surface area contributed by atoms with Gasteiger partial charge >= 0.3 is 0 Å². The van der Waals surface area contributed by atoms with Crippen LogP contribution in [-0.4, -0.2) is 89.8 Å². The number of methoxy groups -OCH3 is 1. The van der Waals surface area contributed by atoms with Crippen molar-refractivity contribution in [2.45, 2.75) is 25.8 Å². The minimum Gasteiger partial charge on any atom is -0.382 e. The van der Waals surface area contributed by atoms with Gasteiger partial charge in [0.25, 0.3) is 0 Å². The van der Waals surface area contributed by atoms with Gasteiger partial charge in [-0.1, -0.05) is 0 Å². The molecule has 0 aromatic rings. The second kappa shape index (κ2) is 13.7. The number of ether oxygens (including phenoxy) is 4. The quantitative estimate of drug-likeness (QED) is 0.489. The van der Waals surface area contributed by atoms with Crippen molar-refractivity contribution in [1.82, 2.24) is 10.2 Å². The molecule has 1 fully saturated rings. The Hall–Kier alpha value is -0.730. The molecule has 0 saturated carbocycles. The SMILES string of the molecule is COCCOCCOCCOCCN(C(C)=O)C1CCNCC1. The van der Waals surface area contributed by atoms with Crippen molar-refractivity contribution < 1.29 is 23.7 Å². The van der Waals surface area contributed by atoms with Gasteiger partial charge in [0.1, 0.15) is 0 Å². The monoisotopic (exact) mass is 332 g/mol. The number of hydrogen-bond donors (Lipinski definition) is 1. The van der Waals surface area contributed by atoms with Crippen molar-refractivity contribution in [1.29, 1.82) is 0 Å². The van der Waals surface area contributed by atoms with Gasteiger partial charge in [-0.3, -0.25) is 4.79 Å². The van der Waals surface area contributed by atoms with E-state index in [-0.39, 0.29) is 5.91 Å². The maximum absolute atomic E-state index is 11.8. The van der Waals surface area contributed by atoms with Crippen molar-refractivity contribution in [2.24, 2.45) is 0 Å². The summed E-state index contributed by atoms with van der Waals surface area (Å²) < 4.78 is 21.1. The maximum Gasteiger partial charge on any atom is 0.219 e. The largest absolute Gasteiger partial charge is 0.382 e. The Balaban J connectivity index is 1.96. The fourth-order valence-corrected chi connectivity index (χ4v) is 2.56. The summed E-state index contributed by atoms with van der Waals surface area (Å²) in [6, 6.07) is 0.345. The first-order chi connectivity index (χ1) is 11.3. The lowest BCUT2D eigenvalue weighted by atomic mass is 10.0. The molecule has 0 atom stereocenters. The molecule has 1 rings (SSSR count). The standard InChI is InChI=1S/C16H32N2O5/c1-15(19)18(16-3-5-17-6-4-16)7-8-21-11-12-23-14-13-22-10-9-20-2/h16-17H,3-14H2,1-2H3. The number of nitrogens with zero attached hydrogens (tertiary/aromatic N) is 1. The van der Waals surface area contributed by atoms with Gasteiger partial charge in [-0.15, -0.1) is 0 Å². The van der Waals surface area contributed by atoms with E-state index in [0.29, 0.717) is 58.8 Å². The Morgan fingerprint density at radius 3 is 2.00 bits per heavy atom. The molecule has 7 nitrogen and oxygen atoms in total. The number of carbonyl (C=O) groups is 1. The van der Waals surface area contributed by atoms with Gasteiger partial charge in [0.05, 0.1) is 46.2 Å². The molecule has 0 radical (unpaired) electrons. The van der Waals surface area contributed by atoms with Crippen LogP contribution in [0.25, 0.3) is 0 Å². The van der Waals surface area contributed by atoms with Gasteiger partial charge < -0.3 is 29.2 Å². The van der Waals surface area contributed by atoms with Crippen LogP contribution in [0.5, 0.6) is 0 Å². The van der Waals surface area contributed by atoms with Crippen LogP contribution in [0.4, 0.5) is 0 Å². The molecule has 0 aromatic heterocycles. The van der Waals surface area contributed by atoms with Crippen LogP contribution in [0.3, 0.4) is 0 Å². The Morgan fingerprint density at radius 2 is 1.48 bits per heavy atom. The highest BCUT2D eigenvalue weighted by Gasteiger charge is 2.22. The normalized spacial score (nSPS) is 15.7. The molecule has 136 valence electrons. The summed E-state index contributed by atoms with van der Waals surface area (Å²) in [6.45, 7) is 8.20. The van der Waals surface area contributed by atoms with E-state index in [2.05, 4.69) is 5.32 Å². The van der Waals surface area contributed by atoms with Crippen LogP contribution in [0.15, 0.2) is 0 Å². The molecule has 1 aliphatic rings. The lowest BCUT2D eigenvalue weighted by molar-refractivity contribution is -0.132. The minimum absolute atomic E-state index is 0.130. The van der Waals surface area contributed by atoms with E-state index >= 15 is 0 Å². The number of hydrogen-bond acceptors (Lipinski definition) is 6. The van der Waals surface area contributed by atoms with E-state index in [1.165, 1.54) is 0 Å². The number of carbonyl (C=O) groups excluding carboxylic acids is 1. The smallest absolute Gasteiger partial charge is 0.219 e. The highest BCUT2D eigenvalue weighted by atomic mass is 16.6. The summed E-state index contributed by atoms with van der Waals surface area (Å²) in [5.74, 6) is 0.130. The topological polar surface area (TPSA) is 69.3 Å². The van der Waals surface area contributed by atoms with Crippen LogP contribution in [0.2, 0.25) is 0 Å². The zero-order valence-corrected chi connectivity index (χ0v) is 14.6. The van der Waals surface area contributed by atoms with Crippen LogP contribution in [0.1, 0.15) is 19.8 Å². The maximum atomic E-state index is 11.8. The molecule has 7 heteroatoms. The molecular weight excluding hydrogens is 300 g/mol. The number of nitrogens with one attached hydrogen (secondary N) is 1. The third-order valence-electron chi connectivity index (χ3n) is 3.81. The average molecular weight is 332 g/mol. The Labute approximate surface area is 139 Å². The third kappa shape index (κ3) is 9.88. The van der Waals surface area contributed by atoms with Gasteiger partial charge in [0.2, 0.25) is 5.91 Å². The summed E-state index contributed by atoms with van der Waals surface area (Å²) in [4.78, 5) is 13.7. The van der Waals surface area contributed by atoms with Crippen LogP contribution in [0, 0.1) is 0 Å². The Kier molecular flexibility index (Phi) is 12.1. The lowest BCUT2D eigenvalue weighted by Gasteiger charge is -2.34. The Bertz CT molecular complexity index is 298. The first-order valence-electron chi connectivity index (χ1n) is 8.45. The first kappa shape index (κ1) is 20.3. The zero-order chi connectivity index (χ0) is 16.8. The predicted molar refractivity (Wildman–Crippen MR) is 87.6 cm³/mol. The fraction of sp³-hybridized carbons (Fsp3) is 0.938. The van der Waals surface area contributed by atoms with Crippen molar-refractivity contribution in [3.05, 3.63) is 0 Å². The van der Waals surface area contributed by atoms with Crippen molar-refractivity contribution in [3.63, 3.8) is 0 Å². The number of rotatable bonds is 13. The van der Waals surface area contributed by atoms with E-state index in [4.69, 9.17) is 18.9 Å². The predicted octanol–water partition coefficient (Wildman–Crippen LogP) is 0.283. The molecule has 1 heterocycles. The van der Waals surface area contributed by atoms with Gasteiger partial charge in [0.15, 0.2) is 0 Å². The molecule has 1 N–H and O–H groups in total. The molecule has 0 bridgehead atoms. The molecule has 1 amide bonds. The van der Waals surface area contributed by atoms with Gasteiger partial charge in [-0.2, -0.15) is 0 Å². The number of piperidine rings is 1. The molecule has 0 aromatic carbocycles. The third-order valence-corrected chi connectivity index (χ3v) is 3.81. The van der Waals surface area contributed by atoms with E-state index in [1.807, 2.05) is 4.90 Å². The van der Waals surface area contributed by atoms with E-state index in [9.17, 15) is 4.79 Å². The van der Waals surface area contributed by atoms with Crippen molar-refractivity contribution >= 4 is 5.91 Å². The molecule has 23 heavy (non-hydrogen) atoms. The van der Waals surface area contributed by atoms with Crippen LogP contribution in [-0.2, 0) is 23.7 Å². The van der Waals surface area contributed by atoms with Gasteiger partial charge in [-0.05, 0) is 25.9 Å². The van der Waals surface area contributed by atoms with E-state index in [1.54, 1.807) is 14.0 Å². The molecule has 1 saturated heterocycles. The van der Waals surface area contributed by atoms with Crippen LogP contribution >= 0.6 is 0 Å². The minimum atomic E-state index is 0.130. The van der Waals surface area contributed by atoms with E-state index < -0.39 is 0 Å². The van der Waals surface area contributed by atoms with Crippen LogP contribution < -0.4 is 5.32 Å². The highest BCUT2D eigenvalue weighted by molar-refractivity contribution is 5.73. The average Bonchev–Trinajstić information content (AvgIpc) is 2.56. The zero-order valence-electron chi connectivity index (χ0n) is 14.6. The second-order valence-electron chi connectivity index (χ2n) is 5.52. The molecule has 0 spiro atoms. The fourth-order valence-electron chi connectivity index (χ4n) is 2.56. The molecule has 1 aliphatic heterocycles. The van der Waals surface area contributed by atoms with Gasteiger partial charge in [-0.25, -0.2) is 0 Å². The summed E-state index contributed by atoms with van der Waals surface area (Å²) in [7, 11) is 1.65. The highest BCUT2D eigenvalue weighted by Crippen LogP contribution is 2.11. The summed E-state index contributed by atoms with van der Waals surface area (Å²) in [6.07, 6.45) is 2.04. The first-order valence-corrected chi connectivity index (χ1v) is 8.45. The lowest BCUT2D eigenvalue weighted by Crippen LogP contribution is -2.46. The van der Waals surface area contributed by atoms with E-state index in [0.717, 1.165) is 25.9 Å². The van der Waals surface area contributed by atoms with Crippen molar-refractivity contribution in [3.8, 4) is 0 Å². The summed E-state index contributed by atoms with van der Waals surface area (Å²) in [5.41, 5.74) is 0. The Morgan fingerprint density at radius 1 is 0.957 bits per heavy atom. The molecular formula is C16H32N2O5.